The largest absolute Gasteiger partial charge is 0.387 e. The van der Waals surface area contributed by atoms with Crippen LogP contribution in [0.4, 0.5) is 5.82 Å². The fourth-order valence-corrected chi connectivity index (χ4v) is 9.16. The molecule has 0 saturated carbocycles. The third-order valence-corrected chi connectivity index (χ3v) is 11.0. The molecular weight excluding hydrogens is 697 g/mol. The molecule has 3 saturated heterocycles. The number of aliphatic hydroxyl groups excluding tert-OH is 2. The van der Waals surface area contributed by atoms with Gasteiger partial charge in [0, 0.05) is 12.7 Å². The summed E-state index contributed by atoms with van der Waals surface area (Å²) in [6.07, 6.45) is -3.18. The summed E-state index contributed by atoms with van der Waals surface area (Å²) in [4.78, 5) is 8.75. The highest BCUT2D eigenvalue weighted by atomic mass is 127. The van der Waals surface area contributed by atoms with Crippen LogP contribution in [-0.4, -0.2) is 85.2 Å². The van der Waals surface area contributed by atoms with Gasteiger partial charge in [0.15, 0.2) is 6.23 Å². The second kappa shape index (κ2) is 10.7. The molecule has 0 spiro atoms. The summed E-state index contributed by atoms with van der Waals surface area (Å²) in [5, 5.41) is 26.0. The molecule has 19 heteroatoms. The Morgan fingerprint density at radius 2 is 1.74 bits per heavy atom. The van der Waals surface area contributed by atoms with E-state index in [9.17, 15) is 19.3 Å². The van der Waals surface area contributed by atoms with E-state index in [4.69, 9.17) is 27.6 Å². The Morgan fingerprint density at radius 3 is 2.50 bits per heavy atom. The van der Waals surface area contributed by atoms with Gasteiger partial charge in [-0.05, 0) is 41.0 Å². The van der Waals surface area contributed by atoms with Gasteiger partial charge in [-0.3, -0.25) is 18.1 Å². The number of thiol groups is 2. The molecule has 0 radical (unpaired) electrons. The molecule has 6 rings (SSSR count). The average molecular weight is 722 g/mol. The SMILES string of the molecule is O=[P@]1(S)OCC2O[C@@H](I)[C@H](O[P@](=O)(S)OC[C@H]3O[C@@H](n4cc5c6c(ncnc64)NCCC5)[C@H](O)[C@@H]3O1)[C@@H]2O. The lowest BCUT2D eigenvalue weighted by Gasteiger charge is -2.25. The van der Waals surface area contributed by atoms with Gasteiger partial charge in [0.25, 0.3) is 0 Å². The van der Waals surface area contributed by atoms with Crippen LogP contribution in [0.3, 0.4) is 0 Å². The van der Waals surface area contributed by atoms with Crippen molar-refractivity contribution in [3.63, 3.8) is 0 Å². The topological polar surface area (TPSA) is 173 Å². The summed E-state index contributed by atoms with van der Waals surface area (Å²) >= 11 is 9.97. The van der Waals surface area contributed by atoms with Crippen LogP contribution in [0.2, 0.25) is 0 Å². The van der Waals surface area contributed by atoms with Crippen LogP contribution in [0.1, 0.15) is 18.2 Å². The molecule has 2 bridgehead atoms. The van der Waals surface area contributed by atoms with Gasteiger partial charge in [-0.1, -0.05) is 24.5 Å². The van der Waals surface area contributed by atoms with E-state index in [1.165, 1.54) is 6.33 Å². The summed E-state index contributed by atoms with van der Waals surface area (Å²) in [6, 6.07) is 0. The molecule has 210 valence electrons. The molecular formula is C19H25IN4O10P2S2. The van der Waals surface area contributed by atoms with Gasteiger partial charge in [0.2, 0.25) is 0 Å². The Kier molecular flexibility index (Phi) is 7.90. The number of hydrogen-bond acceptors (Lipinski definition) is 13. The summed E-state index contributed by atoms with van der Waals surface area (Å²) in [7, 11) is 0. The Labute approximate surface area is 241 Å². The van der Waals surface area contributed by atoms with E-state index in [-0.39, 0.29) is 6.61 Å². The number of hydrogen-bond donors (Lipinski definition) is 5. The van der Waals surface area contributed by atoms with E-state index in [2.05, 4.69) is 39.8 Å². The van der Waals surface area contributed by atoms with Crippen LogP contribution in [-0.2, 0) is 43.1 Å². The van der Waals surface area contributed by atoms with Gasteiger partial charge in [-0.2, -0.15) is 0 Å². The van der Waals surface area contributed by atoms with Crippen molar-refractivity contribution in [2.75, 3.05) is 25.1 Å². The minimum absolute atomic E-state index is 0.366. The standard InChI is InChI=1S/C19H25IN4O10P2S2/c20-16-15-12(25)9(31-16)5-29-35(27,37)33-14-10(6-30-36(28,38)34-15)32-19(13(14)26)24-4-8-2-1-3-21-17-11(8)18(24)23-7-22-17/h4,7,9-10,12-16,19,25-26H,1-3,5-6H2,(H,27,37)(H,28,38)(H,21,22,23)/t9?,10-,12-,13-,14-,15-,16-,19-,35+,36-/m1/s1. The first-order valence-electron chi connectivity index (χ1n) is 11.7. The number of alkyl halides is 1. The normalized spacial score (nSPS) is 43.9. The average Bonchev–Trinajstić information content (AvgIpc) is 3.39. The third kappa shape index (κ3) is 5.32. The molecule has 0 aliphatic carbocycles. The number of ether oxygens (including phenoxy) is 2. The Balaban J connectivity index is 1.33. The summed E-state index contributed by atoms with van der Waals surface area (Å²) in [6.45, 7) is -8.17. The molecule has 14 nitrogen and oxygen atoms in total. The van der Waals surface area contributed by atoms with Gasteiger partial charge in [0.1, 0.15) is 58.5 Å². The van der Waals surface area contributed by atoms with Crippen LogP contribution in [0.25, 0.3) is 11.0 Å². The number of nitrogens with one attached hydrogen (secondary N) is 1. The highest BCUT2D eigenvalue weighted by Crippen LogP contribution is 2.59. The lowest BCUT2D eigenvalue weighted by molar-refractivity contribution is -0.0489. The van der Waals surface area contributed by atoms with Crippen molar-refractivity contribution in [3.05, 3.63) is 18.1 Å². The van der Waals surface area contributed by atoms with Crippen LogP contribution < -0.4 is 5.32 Å². The fraction of sp³-hybridized carbons (Fsp3) is 0.684. The zero-order valence-electron chi connectivity index (χ0n) is 19.5. The Hall–Kier alpha value is -0.0100. The molecule has 2 aromatic rings. The monoisotopic (exact) mass is 722 g/mol. The molecule has 2 aromatic heterocycles. The highest BCUT2D eigenvalue weighted by Gasteiger charge is 2.52. The second-order valence-corrected chi connectivity index (χ2v) is 16.2. The lowest BCUT2D eigenvalue weighted by atomic mass is 10.1. The third-order valence-electron chi connectivity index (χ3n) is 6.78. The molecule has 3 N–H and O–H groups in total. The fourth-order valence-electron chi connectivity index (χ4n) is 5.02. The molecule has 1 unspecified atom stereocenters. The molecule has 4 aliphatic rings. The quantitative estimate of drug-likeness (QED) is 0.126. The van der Waals surface area contributed by atoms with Crippen molar-refractivity contribution in [1.29, 1.82) is 0 Å². The van der Waals surface area contributed by atoms with Gasteiger partial charge in [0.05, 0.1) is 18.6 Å². The zero-order valence-corrected chi connectivity index (χ0v) is 25.2. The van der Waals surface area contributed by atoms with E-state index in [0.29, 0.717) is 11.5 Å². The van der Waals surface area contributed by atoms with E-state index in [1.807, 2.05) is 28.8 Å². The van der Waals surface area contributed by atoms with E-state index in [0.717, 1.165) is 30.3 Å². The van der Waals surface area contributed by atoms with Crippen molar-refractivity contribution in [1.82, 2.24) is 14.5 Å². The molecule has 6 heterocycles. The number of aryl methyl sites for hydroxylation is 1. The number of fused-ring (bicyclic) bond motifs is 3. The maximum Gasteiger partial charge on any atom is 0.386 e. The van der Waals surface area contributed by atoms with Crippen molar-refractivity contribution in [2.24, 2.45) is 0 Å². The minimum atomic E-state index is -4.11. The van der Waals surface area contributed by atoms with Gasteiger partial charge in [-0.25, -0.2) is 19.1 Å². The number of rotatable bonds is 1. The van der Waals surface area contributed by atoms with Crippen LogP contribution in [0.15, 0.2) is 12.5 Å². The first kappa shape index (κ1) is 28.1. The molecule has 10 atom stereocenters. The minimum Gasteiger partial charge on any atom is -0.387 e. The number of halogens is 1. The molecule has 0 aromatic carbocycles. The first-order chi connectivity index (χ1) is 18.0. The summed E-state index contributed by atoms with van der Waals surface area (Å²) in [5.41, 5.74) is 1.51. The molecule has 0 amide bonds. The smallest absolute Gasteiger partial charge is 0.386 e. The van der Waals surface area contributed by atoms with E-state index in [1.54, 1.807) is 4.57 Å². The van der Waals surface area contributed by atoms with Crippen molar-refractivity contribution >= 4 is 77.5 Å². The number of aliphatic hydroxyl groups is 2. The number of anilines is 1. The van der Waals surface area contributed by atoms with Gasteiger partial charge >= 0.3 is 13.6 Å². The predicted octanol–water partition coefficient (Wildman–Crippen LogP) is 2.46. The maximum atomic E-state index is 13.2. The molecule has 3 fully saturated rings. The summed E-state index contributed by atoms with van der Waals surface area (Å²) in [5.74, 6) is 0.685. The highest BCUT2D eigenvalue weighted by molar-refractivity contribution is 14.1. The van der Waals surface area contributed by atoms with E-state index < -0.39 is 67.2 Å². The number of aromatic nitrogens is 3. The van der Waals surface area contributed by atoms with Crippen LogP contribution in [0, 0.1) is 0 Å². The summed E-state index contributed by atoms with van der Waals surface area (Å²) < 4.78 is 60.9. The second-order valence-electron chi connectivity index (χ2n) is 9.25. The molecule has 4 aliphatic heterocycles. The zero-order chi connectivity index (χ0) is 26.8. The maximum absolute atomic E-state index is 13.2. The van der Waals surface area contributed by atoms with Crippen LogP contribution >= 0.6 is 60.7 Å². The number of nitrogens with zero attached hydrogens (tertiary/aromatic N) is 3. The Morgan fingerprint density at radius 1 is 1.03 bits per heavy atom. The van der Waals surface area contributed by atoms with Gasteiger partial charge in [-0.15, -0.1) is 0 Å². The lowest BCUT2D eigenvalue weighted by Crippen LogP contribution is -2.35. The van der Waals surface area contributed by atoms with Crippen molar-refractivity contribution in [2.45, 2.75) is 59.8 Å². The predicted molar refractivity (Wildman–Crippen MR) is 148 cm³/mol. The van der Waals surface area contributed by atoms with Gasteiger partial charge < -0.3 is 29.6 Å². The van der Waals surface area contributed by atoms with Crippen molar-refractivity contribution in [3.8, 4) is 0 Å². The van der Waals surface area contributed by atoms with Crippen LogP contribution in [0.5, 0.6) is 0 Å². The van der Waals surface area contributed by atoms with E-state index >= 15 is 0 Å². The van der Waals surface area contributed by atoms with Crippen molar-refractivity contribution < 1.29 is 46.9 Å². The molecule has 38 heavy (non-hydrogen) atoms. The Bertz CT molecular complexity index is 1320. The first-order valence-corrected chi connectivity index (χ1v) is 18.4.